The maximum atomic E-state index is 11.5. The summed E-state index contributed by atoms with van der Waals surface area (Å²) in [6.45, 7) is 0. The Kier molecular flexibility index (Phi) is 4.23. The lowest BCUT2D eigenvalue weighted by Gasteiger charge is -2.10. The van der Waals surface area contributed by atoms with Gasteiger partial charge in [0.1, 0.15) is 12.1 Å². The van der Waals surface area contributed by atoms with Gasteiger partial charge in [0.25, 0.3) is 0 Å². The first-order chi connectivity index (χ1) is 9.90. The molecule has 0 amide bonds. The molecule has 0 aliphatic rings. The fraction of sp³-hybridized carbons (Fsp3) is 0.231. The lowest BCUT2D eigenvalue weighted by Crippen LogP contribution is -2.16. The van der Waals surface area contributed by atoms with E-state index in [1.807, 2.05) is 0 Å². The van der Waals surface area contributed by atoms with Crippen molar-refractivity contribution in [2.24, 2.45) is 7.05 Å². The summed E-state index contributed by atoms with van der Waals surface area (Å²) in [5.41, 5.74) is 0.221. The summed E-state index contributed by atoms with van der Waals surface area (Å²) in [6, 6.07) is 6.79. The molecule has 0 aliphatic heterocycles. The summed E-state index contributed by atoms with van der Waals surface area (Å²) in [5, 5.41) is 24.7. The minimum Gasteiger partial charge on any atom is -0.481 e. The zero-order chi connectivity index (χ0) is 15.6. The van der Waals surface area contributed by atoms with Crippen LogP contribution in [0.5, 0.6) is 0 Å². The molecule has 8 heteroatoms. The van der Waals surface area contributed by atoms with Crippen LogP contribution < -0.4 is 0 Å². The first-order valence-electron chi connectivity index (χ1n) is 6.04. The number of carbonyl (C=O) groups is 1. The van der Waals surface area contributed by atoms with Gasteiger partial charge in [-0.25, -0.2) is 0 Å². The second-order valence-corrected chi connectivity index (χ2v) is 4.92. The van der Waals surface area contributed by atoms with Crippen molar-refractivity contribution >= 4 is 23.3 Å². The molecule has 1 heterocycles. The van der Waals surface area contributed by atoms with Crippen molar-refractivity contribution < 1.29 is 14.8 Å². The highest BCUT2D eigenvalue weighted by Crippen LogP contribution is 2.30. The molecule has 0 bridgehead atoms. The van der Waals surface area contributed by atoms with Crippen LogP contribution in [0.2, 0.25) is 5.02 Å². The maximum Gasteiger partial charge on any atom is 0.313 e. The Bertz CT molecular complexity index is 698. The minimum atomic E-state index is -1.18. The van der Waals surface area contributed by atoms with Crippen molar-refractivity contribution in [3.8, 4) is 0 Å². The second kappa shape index (κ2) is 5.92. The molecule has 1 N–H and O–H groups in total. The van der Waals surface area contributed by atoms with Crippen LogP contribution in [-0.4, -0.2) is 25.8 Å². The van der Waals surface area contributed by atoms with E-state index in [2.05, 4.69) is 5.10 Å². The number of rotatable bonds is 5. The van der Waals surface area contributed by atoms with E-state index in [1.165, 1.54) is 17.9 Å². The van der Waals surface area contributed by atoms with Crippen LogP contribution in [0.4, 0.5) is 5.69 Å². The molecule has 2 rings (SSSR count). The van der Waals surface area contributed by atoms with Crippen LogP contribution in [0, 0.1) is 10.1 Å². The lowest BCUT2D eigenvalue weighted by molar-refractivity contribution is -0.385. The van der Waals surface area contributed by atoms with Crippen LogP contribution in [0.25, 0.3) is 0 Å². The number of hydrogen-bond donors (Lipinski definition) is 1. The fourth-order valence-corrected chi connectivity index (χ4v) is 2.28. The van der Waals surface area contributed by atoms with Crippen molar-refractivity contribution in [1.29, 1.82) is 0 Å². The van der Waals surface area contributed by atoms with Gasteiger partial charge in [-0.3, -0.25) is 19.6 Å². The molecule has 21 heavy (non-hydrogen) atoms. The predicted molar refractivity (Wildman–Crippen MR) is 75.4 cm³/mol. The molecule has 1 aromatic carbocycles. The first kappa shape index (κ1) is 15.0. The third-order valence-electron chi connectivity index (χ3n) is 3.04. The van der Waals surface area contributed by atoms with Gasteiger partial charge in [-0.2, -0.15) is 5.10 Å². The smallest absolute Gasteiger partial charge is 0.313 e. The van der Waals surface area contributed by atoms with Crippen molar-refractivity contribution in [1.82, 2.24) is 9.78 Å². The molecule has 0 saturated heterocycles. The van der Waals surface area contributed by atoms with Crippen LogP contribution in [-0.2, 0) is 18.3 Å². The van der Waals surface area contributed by atoms with E-state index < -0.39 is 16.8 Å². The summed E-state index contributed by atoms with van der Waals surface area (Å²) in [4.78, 5) is 21.9. The highest BCUT2D eigenvalue weighted by molar-refractivity contribution is 6.31. The Balaban J connectivity index is 2.43. The monoisotopic (exact) mass is 309 g/mol. The van der Waals surface area contributed by atoms with E-state index >= 15 is 0 Å². The summed E-state index contributed by atoms with van der Waals surface area (Å²) in [7, 11) is 1.50. The molecule has 0 aliphatic carbocycles. The van der Waals surface area contributed by atoms with E-state index in [0.29, 0.717) is 10.6 Å². The summed E-state index contributed by atoms with van der Waals surface area (Å²) in [5.74, 6) is -2.32. The zero-order valence-corrected chi connectivity index (χ0v) is 11.8. The fourth-order valence-electron chi connectivity index (χ4n) is 2.07. The molecule has 1 aromatic heterocycles. The summed E-state index contributed by atoms with van der Waals surface area (Å²) >= 11 is 6.02. The summed E-state index contributed by atoms with van der Waals surface area (Å²) < 4.78 is 1.23. The molecule has 110 valence electrons. The van der Waals surface area contributed by atoms with Gasteiger partial charge < -0.3 is 5.11 Å². The van der Waals surface area contributed by atoms with Crippen LogP contribution in [0.3, 0.4) is 0 Å². The van der Waals surface area contributed by atoms with E-state index in [4.69, 9.17) is 11.6 Å². The number of benzene rings is 1. The standard InChI is InChI=1S/C13H12ClN3O4/c1-16-7-11(17(20)21)12(15-16)9(13(18)19)6-8-4-2-3-5-10(8)14/h2-5,7,9H,6H2,1H3,(H,18,19). The first-order valence-corrected chi connectivity index (χ1v) is 6.42. The predicted octanol–water partition coefficient (Wildman–Crippen LogP) is 2.39. The number of aryl methyl sites for hydroxylation is 1. The Morgan fingerprint density at radius 1 is 1.52 bits per heavy atom. The molecule has 0 spiro atoms. The van der Waals surface area contributed by atoms with E-state index in [1.54, 1.807) is 24.3 Å². The highest BCUT2D eigenvalue weighted by Gasteiger charge is 2.32. The number of aromatic nitrogens is 2. The SMILES string of the molecule is Cn1cc([N+](=O)[O-])c(C(Cc2ccccc2Cl)C(=O)O)n1. The Morgan fingerprint density at radius 2 is 2.19 bits per heavy atom. The molecule has 2 aromatic rings. The van der Waals surface area contributed by atoms with Crippen LogP contribution in [0.15, 0.2) is 30.5 Å². The van der Waals surface area contributed by atoms with Gasteiger partial charge in [-0.05, 0) is 18.1 Å². The number of carboxylic acid groups (broad SMARTS) is 1. The van der Waals surface area contributed by atoms with Crippen molar-refractivity contribution in [2.75, 3.05) is 0 Å². The third kappa shape index (κ3) is 3.19. The quantitative estimate of drug-likeness (QED) is 0.675. The second-order valence-electron chi connectivity index (χ2n) is 4.52. The van der Waals surface area contributed by atoms with E-state index in [0.717, 1.165) is 0 Å². The molecule has 0 radical (unpaired) electrons. The van der Waals surface area contributed by atoms with E-state index in [-0.39, 0.29) is 17.8 Å². The highest BCUT2D eigenvalue weighted by atomic mass is 35.5. The largest absolute Gasteiger partial charge is 0.481 e. The molecule has 0 fully saturated rings. The summed E-state index contributed by atoms with van der Waals surface area (Å²) in [6.07, 6.45) is 1.23. The van der Waals surface area contributed by atoms with Crippen molar-refractivity contribution in [2.45, 2.75) is 12.3 Å². The number of nitrogens with zero attached hydrogens (tertiary/aromatic N) is 3. The molecule has 1 unspecified atom stereocenters. The Hall–Kier alpha value is -2.41. The van der Waals surface area contributed by atoms with Gasteiger partial charge in [0.15, 0.2) is 5.69 Å². The third-order valence-corrected chi connectivity index (χ3v) is 3.41. The Morgan fingerprint density at radius 3 is 2.76 bits per heavy atom. The number of nitro groups is 1. The number of carboxylic acids is 1. The molecular weight excluding hydrogens is 298 g/mol. The molecular formula is C13H12ClN3O4. The van der Waals surface area contributed by atoms with Gasteiger partial charge in [0.05, 0.1) is 4.92 Å². The van der Waals surface area contributed by atoms with Crippen LogP contribution >= 0.6 is 11.6 Å². The zero-order valence-electron chi connectivity index (χ0n) is 11.1. The molecule has 0 saturated carbocycles. The van der Waals surface area contributed by atoms with Crippen molar-refractivity contribution in [3.63, 3.8) is 0 Å². The topological polar surface area (TPSA) is 98.3 Å². The van der Waals surface area contributed by atoms with Gasteiger partial charge in [0, 0.05) is 12.1 Å². The Labute approximate surface area is 124 Å². The van der Waals surface area contributed by atoms with Gasteiger partial charge in [-0.15, -0.1) is 0 Å². The van der Waals surface area contributed by atoms with Crippen molar-refractivity contribution in [3.05, 3.63) is 56.9 Å². The molecule has 1 atom stereocenters. The lowest BCUT2D eigenvalue weighted by atomic mass is 9.95. The minimum absolute atomic E-state index is 0.0346. The average Bonchev–Trinajstić information content (AvgIpc) is 2.79. The van der Waals surface area contributed by atoms with Gasteiger partial charge in [-0.1, -0.05) is 29.8 Å². The van der Waals surface area contributed by atoms with Crippen LogP contribution in [0.1, 0.15) is 17.2 Å². The number of hydrogen-bond acceptors (Lipinski definition) is 4. The van der Waals surface area contributed by atoms with E-state index in [9.17, 15) is 20.0 Å². The molecule has 7 nitrogen and oxygen atoms in total. The average molecular weight is 310 g/mol. The van der Waals surface area contributed by atoms with Gasteiger partial charge >= 0.3 is 11.7 Å². The van der Waals surface area contributed by atoms with Gasteiger partial charge in [0.2, 0.25) is 0 Å². The number of aliphatic carboxylic acids is 1. The normalized spacial score (nSPS) is 12.1. The number of halogens is 1. The maximum absolute atomic E-state index is 11.5.